The first-order valence-electron chi connectivity index (χ1n) is 11.3. The number of amides is 1. The number of aromatic amines is 1. The Morgan fingerprint density at radius 3 is 2.36 bits per heavy atom. The third-order valence-electron chi connectivity index (χ3n) is 5.88. The molecule has 36 heavy (non-hydrogen) atoms. The van der Waals surface area contributed by atoms with Crippen molar-refractivity contribution in [1.29, 1.82) is 0 Å². The van der Waals surface area contributed by atoms with Crippen LogP contribution in [0.4, 0.5) is 4.39 Å². The van der Waals surface area contributed by atoms with Crippen LogP contribution in [0.2, 0.25) is 0 Å². The van der Waals surface area contributed by atoms with Crippen LogP contribution < -0.4 is 14.8 Å². The van der Waals surface area contributed by atoms with Crippen LogP contribution in [0, 0.1) is 5.82 Å². The maximum atomic E-state index is 13.5. The van der Waals surface area contributed by atoms with Gasteiger partial charge in [0.2, 0.25) is 0 Å². The van der Waals surface area contributed by atoms with Gasteiger partial charge in [-0.3, -0.25) is 9.89 Å². The van der Waals surface area contributed by atoms with Crippen molar-refractivity contribution < 1.29 is 18.7 Å². The molecule has 180 valence electrons. The number of H-pyrrole nitrogens is 1. The second kappa shape index (κ2) is 9.87. The van der Waals surface area contributed by atoms with Crippen LogP contribution in [0.5, 0.6) is 11.5 Å². The number of hydrogen-bond acceptors (Lipinski definition) is 5. The van der Waals surface area contributed by atoms with Gasteiger partial charge in [0.05, 0.1) is 36.6 Å². The Morgan fingerprint density at radius 2 is 1.64 bits per heavy atom. The van der Waals surface area contributed by atoms with E-state index in [1.165, 1.54) is 12.1 Å². The topological polar surface area (TPSA) is 89.1 Å². The molecule has 0 fully saturated rings. The van der Waals surface area contributed by atoms with Gasteiger partial charge in [-0.25, -0.2) is 9.37 Å². The minimum absolute atomic E-state index is 0.280. The number of rotatable bonds is 7. The standard InChI is InChI=1S/C28H23FN4O3/c1-35-23-13-10-19(14-24(23)36-2)22-15-21(28(34)30-16-17-6-4-3-5-7-17)25-26(32-33-27(25)31-22)18-8-11-20(29)12-9-18/h3-15H,16H2,1-2H3,(H,30,34)(H,31,32,33). The highest BCUT2D eigenvalue weighted by molar-refractivity contribution is 6.11. The molecule has 7 nitrogen and oxygen atoms in total. The second-order valence-electron chi connectivity index (χ2n) is 8.10. The average molecular weight is 483 g/mol. The molecule has 0 aliphatic carbocycles. The molecule has 5 aromatic rings. The Bertz CT molecular complexity index is 1530. The molecule has 0 unspecified atom stereocenters. The summed E-state index contributed by atoms with van der Waals surface area (Å²) < 4.78 is 24.3. The van der Waals surface area contributed by atoms with Gasteiger partial charge in [-0.05, 0) is 54.1 Å². The molecule has 2 N–H and O–H groups in total. The minimum Gasteiger partial charge on any atom is -0.493 e. The number of nitrogens with one attached hydrogen (secondary N) is 2. The summed E-state index contributed by atoms with van der Waals surface area (Å²) >= 11 is 0. The van der Waals surface area contributed by atoms with Crippen molar-refractivity contribution in [3.05, 3.63) is 95.8 Å². The predicted molar refractivity (Wildman–Crippen MR) is 135 cm³/mol. The Kier molecular flexibility index (Phi) is 6.32. The van der Waals surface area contributed by atoms with Gasteiger partial charge in [-0.2, -0.15) is 5.10 Å². The van der Waals surface area contributed by atoms with E-state index < -0.39 is 0 Å². The van der Waals surface area contributed by atoms with E-state index in [4.69, 9.17) is 14.5 Å². The first-order chi connectivity index (χ1) is 17.6. The fraction of sp³-hybridized carbons (Fsp3) is 0.107. The van der Waals surface area contributed by atoms with E-state index in [9.17, 15) is 9.18 Å². The van der Waals surface area contributed by atoms with E-state index in [1.807, 2.05) is 36.4 Å². The van der Waals surface area contributed by atoms with Crippen LogP contribution in [0.1, 0.15) is 15.9 Å². The summed E-state index contributed by atoms with van der Waals surface area (Å²) in [5.74, 6) is 0.498. The van der Waals surface area contributed by atoms with Crippen LogP contribution in [0.25, 0.3) is 33.5 Å². The monoisotopic (exact) mass is 482 g/mol. The third-order valence-corrected chi connectivity index (χ3v) is 5.88. The number of aromatic nitrogens is 3. The molecule has 1 amide bonds. The SMILES string of the molecule is COc1ccc(-c2cc(C(=O)NCc3ccccc3)c3c(-c4ccc(F)cc4)[nH]nc3n2)cc1OC. The zero-order valence-electron chi connectivity index (χ0n) is 19.7. The van der Waals surface area contributed by atoms with Crippen molar-refractivity contribution in [1.82, 2.24) is 20.5 Å². The smallest absolute Gasteiger partial charge is 0.252 e. The van der Waals surface area contributed by atoms with Gasteiger partial charge in [-0.1, -0.05) is 30.3 Å². The van der Waals surface area contributed by atoms with Gasteiger partial charge in [0.1, 0.15) is 5.82 Å². The molecule has 2 aromatic heterocycles. The van der Waals surface area contributed by atoms with Gasteiger partial charge >= 0.3 is 0 Å². The van der Waals surface area contributed by atoms with Crippen LogP contribution in [0.3, 0.4) is 0 Å². The summed E-state index contributed by atoms with van der Waals surface area (Å²) in [5, 5.41) is 10.9. The molecule has 0 aliphatic rings. The predicted octanol–water partition coefficient (Wildman–Crippen LogP) is 5.38. The van der Waals surface area contributed by atoms with Crippen LogP contribution in [-0.2, 0) is 6.54 Å². The Labute approximate surface area is 206 Å². The van der Waals surface area contributed by atoms with Gasteiger partial charge in [0.25, 0.3) is 5.91 Å². The molecule has 0 aliphatic heterocycles. The van der Waals surface area contributed by atoms with Crippen molar-refractivity contribution in [2.24, 2.45) is 0 Å². The number of carbonyl (C=O) groups excluding carboxylic acids is 1. The van der Waals surface area contributed by atoms with Gasteiger partial charge in [0.15, 0.2) is 17.1 Å². The fourth-order valence-electron chi connectivity index (χ4n) is 4.05. The molecule has 0 radical (unpaired) electrons. The molecular formula is C28H23FN4O3. The first-order valence-corrected chi connectivity index (χ1v) is 11.3. The number of hydrogen-bond donors (Lipinski definition) is 2. The Morgan fingerprint density at radius 1 is 0.917 bits per heavy atom. The summed E-state index contributed by atoms with van der Waals surface area (Å²) in [5.41, 5.74) is 4.30. The van der Waals surface area contributed by atoms with Crippen LogP contribution >= 0.6 is 0 Å². The third kappa shape index (κ3) is 4.48. The number of nitrogens with zero attached hydrogens (tertiary/aromatic N) is 2. The fourth-order valence-corrected chi connectivity index (χ4v) is 4.05. The lowest BCUT2D eigenvalue weighted by Gasteiger charge is -2.12. The largest absolute Gasteiger partial charge is 0.493 e. The lowest BCUT2D eigenvalue weighted by atomic mass is 10.0. The summed E-state index contributed by atoms with van der Waals surface area (Å²) in [4.78, 5) is 18.2. The number of ether oxygens (including phenoxy) is 2. The van der Waals surface area contributed by atoms with Gasteiger partial charge < -0.3 is 14.8 Å². The van der Waals surface area contributed by atoms with E-state index in [0.29, 0.717) is 51.6 Å². The molecule has 3 aromatic carbocycles. The Balaban J connectivity index is 1.63. The van der Waals surface area contributed by atoms with Gasteiger partial charge in [0, 0.05) is 17.7 Å². The van der Waals surface area contributed by atoms with E-state index in [1.54, 1.807) is 44.6 Å². The molecule has 0 bridgehead atoms. The zero-order chi connectivity index (χ0) is 25.1. The highest BCUT2D eigenvalue weighted by Crippen LogP contribution is 2.35. The maximum absolute atomic E-state index is 13.5. The van der Waals surface area contributed by atoms with E-state index in [-0.39, 0.29) is 11.7 Å². The van der Waals surface area contributed by atoms with Crippen molar-refractivity contribution in [3.8, 4) is 34.0 Å². The molecule has 0 atom stereocenters. The highest BCUT2D eigenvalue weighted by Gasteiger charge is 2.21. The quantitative estimate of drug-likeness (QED) is 0.325. The summed E-state index contributed by atoms with van der Waals surface area (Å²) in [6.07, 6.45) is 0. The van der Waals surface area contributed by atoms with Crippen LogP contribution in [0.15, 0.2) is 78.9 Å². The second-order valence-corrected chi connectivity index (χ2v) is 8.10. The summed E-state index contributed by atoms with van der Waals surface area (Å²) in [6.45, 7) is 0.360. The van der Waals surface area contributed by atoms with E-state index >= 15 is 0 Å². The van der Waals surface area contributed by atoms with Crippen molar-refractivity contribution in [2.75, 3.05) is 14.2 Å². The lowest BCUT2D eigenvalue weighted by molar-refractivity contribution is 0.0952. The normalized spacial score (nSPS) is 10.9. The van der Waals surface area contributed by atoms with Crippen LogP contribution in [-0.4, -0.2) is 35.3 Å². The van der Waals surface area contributed by atoms with E-state index in [2.05, 4.69) is 15.5 Å². The number of halogens is 1. The molecule has 2 heterocycles. The molecule has 8 heteroatoms. The maximum Gasteiger partial charge on any atom is 0.252 e. The van der Waals surface area contributed by atoms with Gasteiger partial charge in [-0.15, -0.1) is 0 Å². The molecule has 5 rings (SSSR count). The average Bonchev–Trinajstić information content (AvgIpc) is 3.36. The minimum atomic E-state index is -0.350. The highest BCUT2D eigenvalue weighted by atomic mass is 19.1. The summed E-state index contributed by atoms with van der Waals surface area (Å²) in [7, 11) is 3.13. The molecule has 0 saturated carbocycles. The number of methoxy groups -OCH3 is 2. The lowest BCUT2D eigenvalue weighted by Crippen LogP contribution is -2.23. The van der Waals surface area contributed by atoms with Crippen molar-refractivity contribution >= 4 is 16.9 Å². The molecular weight excluding hydrogens is 459 g/mol. The molecule has 0 saturated heterocycles. The Hall–Kier alpha value is -4.72. The number of pyridine rings is 1. The first kappa shape index (κ1) is 23.0. The number of benzene rings is 3. The number of carbonyl (C=O) groups is 1. The van der Waals surface area contributed by atoms with Crippen molar-refractivity contribution in [2.45, 2.75) is 6.54 Å². The molecule has 0 spiro atoms. The summed E-state index contributed by atoms with van der Waals surface area (Å²) in [6, 6.07) is 22.8. The van der Waals surface area contributed by atoms with Crippen molar-refractivity contribution in [3.63, 3.8) is 0 Å². The number of fused-ring (bicyclic) bond motifs is 1. The zero-order valence-corrected chi connectivity index (χ0v) is 19.7. The van der Waals surface area contributed by atoms with E-state index in [0.717, 1.165) is 11.1 Å².